The smallest absolute Gasteiger partial charge is 0.214 e. The molecule has 5 heteroatoms. The zero-order valence-corrected chi connectivity index (χ0v) is 8.78. The maximum Gasteiger partial charge on any atom is 0.214 e. The SMILES string of the molecule is CCCC(F)S(=O)(=O)C(F)CCC. The van der Waals surface area contributed by atoms with E-state index in [4.69, 9.17) is 0 Å². The van der Waals surface area contributed by atoms with Crippen LogP contribution in [0.3, 0.4) is 0 Å². The van der Waals surface area contributed by atoms with Crippen molar-refractivity contribution in [1.29, 1.82) is 0 Å². The lowest BCUT2D eigenvalue weighted by atomic mass is 10.4. The van der Waals surface area contributed by atoms with E-state index in [1.807, 2.05) is 0 Å². The van der Waals surface area contributed by atoms with Crippen molar-refractivity contribution in [2.75, 3.05) is 0 Å². The average molecular weight is 214 g/mol. The molecule has 0 heterocycles. The van der Waals surface area contributed by atoms with Crippen LogP contribution in [0.15, 0.2) is 0 Å². The molecule has 0 aliphatic heterocycles. The molecule has 0 fully saturated rings. The molecule has 0 N–H and O–H groups in total. The first-order valence-corrected chi connectivity index (χ1v) is 6.08. The van der Waals surface area contributed by atoms with Crippen LogP contribution >= 0.6 is 0 Å². The molecule has 13 heavy (non-hydrogen) atoms. The summed E-state index contributed by atoms with van der Waals surface area (Å²) in [5.74, 6) is 0. The van der Waals surface area contributed by atoms with Gasteiger partial charge in [-0.05, 0) is 12.8 Å². The monoisotopic (exact) mass is 214 g/mol. The molecule has 0 bridgehead atoms. The Hall–Kier alpha value is -0.190. The zero-order chi connectivity index (χ0) is 10.5. The highest BCUT2D eigenvalue weighted by atomic mass is 32.2. The predicted molar refractivity (Wildman–Crippen MR) is 48.5 cm³/mol. The standard InChI is InChI=1S/C8H16F2O2S/c1-3-5-7(9)13(11,12)8(10)6-4-2/h7-8H,3-6H2,1-2H3. The summed E-state index contributed by atoms with van der Waals surface area (Å²) < 4.78 is 48.0. The minimum absolute atomic E-state index is 0.119. The van der Waals surface area contributed by atoms with Gasteiger partial charge < -0.3 is 0 Å². The summed E-state index contributed by atoms with van der Waals surface area (Å²) >= 11 is 0. The van der Waals surface area contributed by atoms with Gasteiger partial charge in [0.1, 0.15) is 0 Å². The van der Waals surface area contributed by atoms with Gasteiger partial charge in [-0.2, -0.15) is 0 Å². The Morgan fingerprint density at radius 1 is 1.00 bits per heavy atom. The molecule has 0 aliphatic carbocycles. The normalized spacial score (nSPS) is 16.9. The van der Waals surface area contributed by atoms with Crippen molar-refractivity contribution in [2.24, 2.45) is 0 Å². The van der Waals surface area contributed by atoms with Gasteiger partial charge in [0.15, 0.2) is 0 Å². The predicted octanol–water partition coefficient (Wildman–Crippen LogP) is 2.59. The van der Waals surface area contributed by atoms with Gasteiger partial charge in [0, 0.05) is 0 Å². The molecule has 80 valence electrons. The molecule has 0 rings (SSSR count). The molecule has 2 nitrogen and oxygen atoms in total. The van der Waals surface area contributed by atoms with Crippen LogP contribution in [-0.2, 0) is 9.84 Å². The summed E-state index contributed by atoms with van der Waals surface area (Å²) in [5, 5.41) is 0. The van der Waals surface area contributed by atoms with Gasteiger partial charge in [-0.3, -0.25) is 0 Å². The third kappa shape index (κ3) is 3.58. The Bertz CT molecular complexity index is 208. The highest BCUT2D eigenvalue weighted by Gasteiger charge is 2.32. The second-order valence-electron chi connectivity index (χ2n) is 2.99. The Morgan fingerprint density at radius 2 is 1.31 bits per heavy atom. The van der Waals surface area contributed by atoms with Crippen molar-refractivity contribution in [3.8, 4) is 0 Å². The summed E-state index contributed by atoms with van der Waals surface area (Å²) in [7, 11) is -4.20. The third-order valence-corrected chi connectivity index (χ3v) is 3.64. The molecular formula is C8H16F2O2S. The summed E-state index contributed by atoms with van der Waals surface area (Å²) in [6.45, 7) is 3.32. The van der Waals surface area contributed by atoms with Crippen molar-refractivity contribution in [3.63, 3.8) is 0 Å². The number of hydrogen-bond acceptors (Lipinski definition) is 2. The van der Waals surface area contributed by atoms with Crippen molar-refractivity contribution >= 4 is 9.84 Å². The van der Waals surface area contributed by atoms with Crippen LogP contribution in [0.25, 0.3) is 0 Å². The van der Waals surface area contributed by atoms with E-state index in [0.717, 1.165) is 0 Å². The fraction of sp³-hybridized carbons (Fsp3) is 1.00. The van der Waals surface area contributed by atoms with E-state index in [2.05, 4.69) is 0 Å². The maximum atomic E-state index is 12.9. The lowest BCUT2D eigenvalue weighted by molar-refractivity contribution is 0.349. The second kappa shape index (κ2) is 5.52. The number of alkyl halides is 2. The number of sulfone groups is 1. The maximum absolute atomic E-state index is 12.9. The zero-order valence-electron chi connectivity index (χ0n) is 7.96. The Labute approximate surface area is 78.3 Å². The van der Waals surface area contributed by atoms with E-state index >= 15 is 0 Å². The largest absolute Gasteiger partial charge is 0.230 e. The van der Waals surface area contributed by atoms with Crippen LogP contribution in [0.1, 0.15) is 39.5 Å². The molecule has 0 saturated heterocycles. The molecule has 0 saturated carbocycles. The lowest BCUT2D eigenvalue weighted by Gasteiger charge is -2.11. The molecule has 2 atom stereocenters. The van der Waals surface area contributed by atoms with E-state index in [-0.39, 0.29) is 12.8 Å². The van der Waals surface area contributed by atoms with Crippen LogP contribution in [0, 0.1) is 0 Å². The van der Waals surface area contributed by atoms with Gasteiger partial charge >= 0.3 is 0 Å². The van der Waals surface area contributed by atoms with Crippen LogP contribution in [-0.4, -0.2) is 19.4 Å². The summed E-state index contributed by atoms with van der Waals surface area (Å²) in [6, 6.07) is 0. The molecule has 0 radical (unpaired) electrons. The molecule has 2 unspecified atom stereocenters. The topological polar surface area (TPSA) is 34.1 Å². The van der Waals surface area contributed by atoms with E-state index in [1.54, 1.807) is 13.8 Å². The lowest BCUT2D eigenvalue weighted by Crippen LogP contribution is -2.26. The molecule has 0 spiro atoms. The molecule has 0 aromatic heterocycles. The van der Waals surface area contributed by atoms with Crippen LogP contribution in [0.5, 0.6) is 0 Å². The minimum atomic E-state index is -4.20. The fourth-order valence-corrected chi connectivity index (χ4v) is 2.39. The summed E-state index contributed by atoms with van der Waals surface area (Å²) in [5.41, 5.74) is -4.09. The third-order valence-electron chi connectivity index (χ3n) is 1.74. The average Bonchev–Trinajstić information content (AvgIpc) is 2.05. The van der Waals surface area contributed by atoms with Crippen LogP contribution in [0.2, 0.25) is 0 Å². The Morgan fingerprint density at radius 3 is 1.54 bits per heavy atom. The highest BCUT2D eigenvalue weighted by Crippen LogP contribution is 2.20. The van der Waals surface area contributed by atoms with Gasteiger partial charge in [-0.1, -0.05) is 26.7 Å². The molecule has 0 aromatic rings. The van der Waals surface area contributed by atoms with Gasteiger partial charge in [-0.25, -0.2) is 17.2 Å². The first-order chi connectivity index (χ1) is 5.96. The summed E-state index contributed by atoms with van der Waals surface area (Å²) in [6.07, 6.45) is 0.567. The first kappa shape index (κ1) is 12.8. The molecule has 0 aliphatic rings. The van der Waals surface area contributed by atoms with Crippen LogP contribution in [0.4, 0.5) is 8.78 Å². The van der Waals surface area contributed by atoms with Gasteiger partial charge in [0.25, 0.3) is 0 Å². The van der Waals surface area contributed by atoms with E-state index in [9.17, 15) is 17.2 Å². The van der Waals surface area contributed by atoms with E-state index in [1.165, 1.54) is 0 Å². The van der Waals surface area contributed by atoms with Gasteiger partial charge in [0.05, 0.1) is 0 Å². The van der Waals surface area contributed by atoms with Gasteiger partial charge in [-0.15, -0.1) is 0 Å². The highest BCUT2D eigenvalue weighted by molar-refractivity contribution is 7.92. The molecule has 0 amide bonds. The van der Waals surface area contributed by atoms with Crippen molar-refractivity contribution in [1.82, 2.24) is 0 Å². The second-order valence-corrected chi connectivity index (χ2v) is 5.19. The van der Waals surface area contributed by atoms with E-state index < -0.39 is 20.8 Å². The van der Waals surface area contributed by atoms with Crippen LogP contribution < -0.4 is 0 Å². The van der Waals surface area contributed by atoms with Gasteiger partial charge in [0.2, 0.25) is 20.8 Å². The number of halogens is 2. The fourth-order valence-electron chi connectivity index (χ4n) is 0.943. The Balaban J connectivity index is 4.37. The van der Waals surface area contributed by atoms with Crippen molar-refractivity contribution in [2.45, 2.75) is 50.5 Å². The number of rotatable bonds is 6. The first-order valence-electron chi connectivity index (χ1n) is 4.47. The molecule has 0 aromatic carbocycles. The van der Waals surface area contributed by atoms with Crippen molar-refractivity contribution < 1.29 is 17.2 Å². The Kier molecular flexibility index (Phi) is 5.44. The van der Waals surface area contributed by atoms with Crippen molar-refractivity contribution in [3.05, 3.63) is 0 Å². The minimum Gasteiger partial charge on any atom is -0.230 e. The quantitative estimate of drug-likeness (QED) is 0.681. The summed E-state index contributed by atoms with van der Waals surface area (Å²) in [4.78, 5) is 0. The van der Waals surface area contributed by atoms with E-state index in [0.29, 0.717) is 12.8 Å². The number of hydrogen-bond donors (Lipinski definition) is 0. The molecular weight excluding hydrogens is 198 g/mol.